The molecule has 0 aliphatic heterocycles. The van der Waals surface area contributed by atoms with E-state index in [1.165, 1.54) is 0 Å². The number of benzene rings is 1. The molecule has 0 aromatic heterocycles. The molecule has 1 aromatic rings. The highest BCUT2D eigenvalue weighted by Gasteiger charge is 2.32. The summed E-state index contributed by atoms with van der Waals surface area (Å²) < 4.78 is 0. The van der Waals surface area contributed by atoms with Crippen molar-refractivity contribution in [2.75, 3.05) is 0 Å². The van der Waals surface area contributed by atoms with E-state index in [-0.39, 0.29) is 17.3 Å². The van der Waals surface area contributed by atoms with Crippen molar-refractivity contribution in [3.05, 3.63) is 35.9 Å². The lowest BCUT2D eigenvalue weighted by molar-refractivity contribution is -0.130. The summed E-state index contributed by atoms with van der Waals surface area (Å²) in [6.07, 6.45) is 11.0. The Kier molecular flexibility index (Phi) is 12.3. The maximum Gasteiger partial charge on any atom is 0.180 e. The fraction of sp³-hybridized carbons (Fsp3) is 0.625. The molecule has 0 bridgehead atoms. The van der Waals surface area contributed by atoms with E-state index < -0.39 is 5.92 Å². The highest BCUT2D eigenvalue weighted by molar-refractivity contribution is 6.24. The molecule has 0 radical (unpaired) electrons. The number of hydrogen-bond acceptors (Lipinski definition) is 3. The fourth-order valence-corrected chi connectivity index (χ4v) is 3.34. The first-order valence-electron chi connectivity index (χ1n) is 10.8. The molecule has 1 aromatic carbocycles. The van der Waals surface area contributed by atoms with Gasteiger partial charge in [-0.1, -0.05) is 95.5 Å². The largest absolute Gasteiger partial charge is 0.298 e. The van der Waals surface area contributed by atoms with Gasteiger partial charge in [0.1, 0.15) is 5.92 Å². The fourth-order valence-electron chi connectivity index (χ4n) is 3.34. The number of rotatable bonds is 16. The smallest absolute Gasteiger partial charge is 0.180 e. The zero-order valence-electron chi connectivity index (χ0n) is 17.2. The van der Waals surface area contributed by atoms with Crippen molar-refractivity contribution in [2.45, 2.75) is 90.9 Å². The van der Waals surface area contributed by atoms with Gasteiger partial charge in [0.2, 0.25) is 0 Å². The summed E-state index contributed by atoms with van der Waals surface area (Å²) >= 11 is 0. The van der Waals surface area contributed by atoms with Gasteiger partial charge in [0.25, 0.3) is 0 Å². The molecule has 0 amide bonds. The third kappa shape index (κ3) is 9.12. The molecule has 0 N–H and O–H groups in total. The third-order valence-electron chi connectivity index (χ3n) is 5.02. The Bertz CT molecular complexity index is 536. The predicted molar refractivity (Wildman–Crippen MR) is 111 cm³/mol. The maximum atomic E-state index is 12.9. The van der Waals surface area contributed by atoms with Gasteiger partial charge in [-0.3, -0.25) is 14.4 Å². The third-order valence-corrected chi connectivity index (χ3v) is 5.02. The average Bonchev–Trinajstić information content (AvgIpc) is 2.68. The first-order chi connectivity index (χ1) is 13.1. The molecule has 150 valence electrons. The summed E-state index contributed by atoms with van der Waals surface area (Å²) in [6, 6.07) is 8.76. The lowest BCUT2D eigenvalue weighted by Gasteiger charge is -2.14. The summed E-state index contributed by atoms with van der Waals surface area (Å²) in [5.74, 6) is -1.82. The standard InChI is InChI=1S/C24H36O3/c1-3-5-7-9-14-18-21(25)23(22(26)19-15-10-8-6-4-2)24(27)20-16-12-11-13-17-20/h11-13,16-17,23H,3-10,14-15,18-19H2,1-2H3. The quantitative estimate of drug-likeness (QED) is 0.193. The molecule has 0 atom stereocenters. The van der Waals surface area contributed by atoms with Gasteiger partial charge in [-0.25, -0.2) is 0 Å². The molecule has 0 aliphatic rings. The summed E-state index contributed by atoms with van der Waals surface area (Å²) in [6.45, 7) is 4.30. The second kappa shape index (κ2) is 14.3. The van der Waals surface area contributed by atoms with E-state index in [9.17, 15) is 14.4 Å². The lowest BCUT2D eigenvalue weighted by Crippen LogP contribution is -2.32. The molecule has 0 fully saturated rings. The first kappa shape index (κ1) is 23.3. The van der Waals surface area contributed by atoms with Crippen LogP contribution in [0.4, 0.5) is 0 Å². The van der Waals surface area contributed by atoms with Crippen molar-refractivity contribution < 1.29 is 14.4 Å². The number of ketones is 3. The van der Waals surface area contributed by atoms with Crippen LogP contribution in [0, 0.1) is 5.92 Å². The van der Waals surface area contributed by atoms with Crippen LogP contribution in [-0.4, -0.2) is 17.3 Å². The van der Waals surface area contributed by atoms with Crippen LogP contribution in [0.25, 0.3) is 0 Å². The molecule has 27 heavy (non-hydrogen) atoms. The molecule has 0 aliphatic carbocycles. The van der Waals surface area contributed by atoms with E-state index in [4.69, 9.17) is 0 Å². The molecule has 3 nitrogen and oxygen atoms in total. The number of Topliss-reactive ketones (excluding diaryl/α,β-unsaturated/α-hetero) is 3. The number of carbonyl (C=O) groups excluding carboxylic acids is 3. The summed E-state index contributed by atoms with van der Waals surface area (Å²) in [7, 11) is 0. The SMILES string of the molecule is CCCCCCCC(=O)C(C(=O)CCCCCCC)C(=O)c1ccccc1. The maximum absolute atomic E-state index is 12.9. The Labute approximate surface area is 164 Å². The molecular weight excluding hydrogens is 336 g/mol. The first-order valence-corrected chi connectivity index (χ1v) is 10.8. The van der Waals surface area contributed by atoms with Crippen LogP contribution < -0.4 is 0 Å². The lowest BCUT2D eigenvalue weighted by atomic mass is 9.85. The highest BCUT2D eigenvalue weighted by atomic mass is 16.2. The monoisotopic (exact) mass is 372 g/mol. The predicted octanol–water partition coefficient (Wildman–Crippen LogP) is 6.34. The van der Waals surface area contributed by atoms with E-state index in [1.54, 1.807) is 24.3 Å². The molecule has 0 unspecified atom stereocenters. The van der Waals surface area contributed by atoms with Gasteiger partial charge in [-0.15, -0.1) is 0 Å². The van der Waals surface area contributed by atoms with E-state index >= 15 is 0 Å². The van der Waals surface area contributed by atoms with E-state index in [2.05, 4.69) is 13.8 Å². The Morgan fingerprint density at radius 3 is 1.56 bits per heavy atom. The molecule has 0 heterocycles. The summed E-state index contributed by atoms with van der Waals surface area (Å²) in [5, 5.41) is 0. The van der Waals surface area contributed by atoms with E-state index in [0.717, 1.165) is 64.2 Å². The number of hydrogen-bond donors (Lipinski definition) is 0. The van der Waals surface area contributed by atoms with Crippen molar-refractivity contribution in [3.63, 3.8) is 0 Å². The van der Waals surface area contributed by atoms with Crippen LogP contribution >= 0.6 is 0 Å². The van der Waals surface area contributed by atoms with Crippen molar-refractivity contribution in [1.82, 2.24) is 0 Å². The highest BCUT2D eigenvalue weighted by Crippen LogP contribution is 2.19. The van der Waals surface area contributed by atoms with Gasteiger partial charge < -0.3 is 0 Å². The minimum absolute atomic E-state index is 0.195. The molecule has 3 heteroatoms. The van der Waals surface area contributed by atoms with Crippen LogP contribution in [0.1, 0.15) is 101 Å². The van der Waals surface area contributed by atoms with Crippen molar-refractivity contribution in [2.24, 2.45) is 5.92 Å². The molecular formula is C24H36O3. The topological polar surface area (TPSA) is 51.2 Å². The Balaban J connectivity index is 2.69. The zero-order valence-corrected chi connectivity index (χ0v) is 17.2. The van der Waals surface area contributed by atoms with E-state index in [1.807, 2.05) is 6.07 Å². The van der Waals surface area contributed by atoms with Crippen molar-refractivity contribution in [1.29, 1.82) is 0 Å². The Morgan fingerprint density at radius 2 is 1.11 bits per heavy atom. The van der Waals surface area contributed by atoms with Crippen LogP contribution in [0.15, 0.2) is 30.3 Å². The summed E-state index contributed by atoms with van der Waals surface area (Å²) in [4.78, 5) is 38.3. The van der Waals surface area contributed by atoms with Gasteiger partial charge in [0, 0.05) is 18.4 Å². The van der Waals surface area contributed by atoms with Crippen LogP contribution in [-0.2, 0) is 9.59 Å². The Hall–Kier alpha value is -1.77. The number of unbranched alkanes of at least 4 members (excludes halogenated alkanes) is 8. The van der Waals surface area contributed by atoms with Gasteiger partial charge in [0.05, 0.1) is 0 Å². The average molecular weight is 373 g/mol. The second-order valence-corrected chi connectivity index (χ2v) is 7.42. The minimum atomic E-state index is -1.11. The van der Waals surface area contributed by atoms with Crippen molar-refractivity contribution >= 4 is 17.3 Å². The van der Waals surface area contributed by atoms with Crippen LogP contribution in [0.3, 0.4) is 0 Å². The van der Waals surface area contributed by atoms with E-state index in [0.29, 0.717) is 18.4 Å². The second-order valence-electron chi connectivity index (χ2n) is 7.42. The van der Waals surface area contributed by atoms with Gasteiger partial charge in [0.15, 0.2) is 17.3 Å². The molecule has 0 spiro atoms. The molecule has 1 rings (SSSR count). The molecule has 0 saturated carbocycles. The van der Waals surface area contributed by atoms with Gasteiger partial charge in [-0.05, 0) is 12.8 Å². The van der Waals surface area contributed by atoms with Crippen molar-refractivity contribution in [3.8, 4) is 0 Å². The Morgan fingerprint density at radius 1 is 0.667 bits per heavy atom. The van der Waals surface area contributed by atoms with Gasteiger partial charge >= 0.3 is 0 Å². The normalized spacial score (nSPS) is 10.9. The molecule has 0 saturated heterocycles. The zero-order chi connectivity index (χ0) is 19.9. The summed E-state index contributed by atoms with van der Waals surface area (Å²) in [5.41, 5.74) is 0.459. The van der Waals surface area contributed by atoms with Crippen LogP contribution in [0.5, 0.6) is 0 Å². The minimum Gasteiger partial charge on any atom is -0.298 e. The van der Waals surface area contributed by atoms with Gasteiger partial charge in [-0.2, -0.15) is 0 Å². The number of carbonyl (C=O) groups is 3. The van der Waals surface area contributed by atoms with Crippen LogP contribution in [0.2, 0.25) is 0 Å².